The van der Waals surface area contributed by atoms with E-state index in [2.05, 4.69) is 45.1 Å². The van der Waals surface area contributed by atoms with Crippen LogP contribution in [-0.4, -0.2) is 70.6 Å². The number of aliphatic hydroxyl groups is 1. The SMILES string of the molecule is Cl.Cl.O.OC(=[NH+]c1ccccc1)SCCCN1CCN(CCCc2ccccc2)CC1. The molecule has 4 N–H and O–H groups in total. The Morgan fingerprint density at radius 1 is 0.806 bits per heavy atom. The molecular weight excluding hydrogens is 453 g/mol. The van der Waals surface area contributed by atoms with E-state index in [4.69, 9.17) is 0 Å². The third kappa shape index (κ3) is 11.8. The van der Waals surface area contributed by atoms with Crippen LogP contribution in [0.25, 0.3) is 0 Å². The van der Waals surface area contributed by atoms with Crippen LogP contribution >= 0.6 is 36.6 Å². The maximum absolute atomic E-state index is 9.99. The number of rotatable bonds is 9. The average molecular weight is 490 g/mol. The summed E-state index contributed by atoms with van der Waals surface area (Å²) in [7, 11) is 0. The van der Waals surface area contributed by atoms with Crippen LogP contribution in [0, 0.1) is 0 Å². The zero-order valence-corrected chi connectivity index (χ0v) is 20.4. The molecule has 8 heteroatoms. The van der Waals surface area contributed by atoms with Gasteiger partial charge in [-0.15, -0.1) is 24.8 Å². The molecule has 0 aliphatic carbocycles. The molecule has 0 bridgehead atoms. The number of hydrogen-bond acceptors (Lipinski definition) is 3. The summed E-state index contributed by atoms with van der Waals surface area (Å²) in [6.07, 6.45) is 3.51. The van der Waals surface area contributed by atoms with Crippen molar-refractivity contribution in [2.24, 2.45) is 0 Å². The lowest BCUT2D eigenvalue weighted by Gasteiger charge is -2.34. The van der Waals surface area contributed by atoms with Crippen LogP contribution in [0.3, 0.4) is 0 Å². The Kier molecular flexibility index (Phi) is 16.6. The van der Waals surface area contributed by atoms with Gasteiger partial charge in [0.2, 0.25) is 5.69 Å². The number of aliphatic hydroxyl groups excluding tert-OH is 1. The number of halogens is 2. The topological polar surface area (TPSA) is 72.2 Å². The van der Waals surface area contributed by atoms with E-state index in [1.165, 1.54) is 49.8 Å². The van der Waals surface area contributed by atoms with E-state index in [1.807, 2.05) is 30.3 Å². The molecule has 3 rings (SSSR count). The van der Waals surface area contributed by atoms with Gasteiger partial charge < -0.3 is 20.4 Å². The van der Waals surface area contributed by atoms with E-state index < -0.39 is 0 Å². The summed E-state index contributed by atoms with van der Waals surface area (Å²) in [6, 6.07) is 20.6. The summed E-state index contributed by atoms with van der Waals surface area (Å²) in [5, 5.41) is 10.3. The molecule has 0 amide bonds. The summed E-state index contributed by atoms with van der Waals surface area (Å²) in [6.45, 7) is 6.99. The van der Waals surface area contributed by atoms with Crippen molar-refractivity contribution < 1.29 is 15.6 Å². The predicted octanol–water partition coefficient (Wildman–Crippen LogP) is 2.71. The second-order valence-corrected chi connectivity index (χ2v) is 8.35. The summed E-state index contributed by atoms with van der Waals surface area (Å²) < 4.78 is 0. The van der Waals surface area contributed by atoms with Gasteiger partial charge in [-0.05, 0) is 49.7 Å². The first-order valence-corrected chi connectivity index (χ1v) is 11.3. The fourth-order valence-electron chi connectivity index (χ4n) is 3.53. The second kappa shape index (κ2) is 17.3. The van der Waals surface area contributed by atoms with Gasteiger partial charge in [0.1, 0.15) is 0 Å². The molecule has 2 aromatic rings. The van der Waals surface area contributed by atoms with Crippen molar-refractivity contribution in [3.8, 4) is 0 Å². The number of piperazine rings is 1. The molecule has 0 atom stereocenters. The van der Waals surface area contributed by atoms with Crippen LogP contribution in [0.1, 0.15) is 18.4 Å². The molecule has 0 aromatic heterocycles. The van der Waals surface area contributed by atoms with Gasteiger partial charge in [0.25, 0.3) is 0 Å². The highest BCUT2D eigenvalue weighted by atomic mass is 35.5. The maximum atomic E-state index is 9.99. The molecular formula is C23H36Cl2N3O2S+. The molecule has 1 fully saturated rings. The fourth-order valence-corrected chi connectivity index (χ4v) is 4.18. The number of hydrogen-bond donors (Lipinski definition) is 2. The van der Waals surface area contributed by atoms with Gasteiger partial charge >= 0.3 is 5.23 Å². The molecule has 1 heterocycles. The molecule has 5 nitrogen and oxygen atoms in total. The molecule has 2 aromatic carbocycles. The van der Waals surface area contributed by atoms with Gasteiger partial charge in [-0.1, -0.05) is 48.5 Å². The Balaban J connectivity index is 0.00000300. The summed E-state index contributed by atoms with van der Waals surface area (Å²) in [4.78, 5) is 8.18. The molecule has 0 unspecified atom stereocenters. The van der Waals surface area contributed by atoms with Gasteiger partial charge in [0, 0.05) is 44.1 Å². The first-order valence-electron chi connectivity index (χ1n) is 10.3. The average Bonchev–Trinajstić information content (AvgIpc) is 2.74. The van der Waals surface area contributed by atoms with Gasteiger partial charge in [-0.2, -0.15) is 4.99 Å². The van der Waals surface area contributed by atoms with Crippen LogP contribution in [0.5, 0.6) is 0 Å². The Hall–Kier alpha value is -1.28. The summed E-state index contributed by atoms with van der Waals surface area (Å²) in [5.41, 5.74) is 2.37. The first kappa shape index (κ1) is 29.7. The summed E-state index contributed by atoms with van der Waals surface area (Å²) >= 11 is 1.49. The Labute approximate surface area is 203 Å². The van der Waals surface area contributed by atoms with Crippen LogP contribution in [0.2, 0.25) is 0 Å². The van der Waals surface area contributed by atoms with Crippen molar-refractivity contribution in [1.29, 1.82) is 0 Å². The van der Waals surface area contributed by atoms with E-state index in [1.54, 1.807) is 0 Å². The molecule has 174 valence electrons. The van der Waals surface area contributed by atoms with Gasteiger partial charge in [0.15, 0.2) is 0 Å². The smallest absolute Gasteiger partial charge is 0.402 e. The van der Waals surface area contributed by atoms with Crippen molar-refractivity contribution in [2.45, 2.75) is 19.3 Å². The lowest BCUT2D eigenvalue weighted by atomic mass is 10.1. The minimum absolute atomic E-state index is 0. The minimum atomic E-state index is 0. The van der Waals surface area contributed by atoms with Gasteiger partial charge in [0.05, 0.1) is 0 Å². The number of para-hydroxylation sites is 1. The van der Waals surface area contributed by atoms with Crippen molar-refractivity contribution in [3.63, 3.8) is 0 Å². The second-order valence-electron chi connectivity index (χ2n) is 7.27. The minimum Gasteiger partial charge on any atom is -0.455 e. The third-order valence-electron chi connectivity index (χ3n) is 5.13. The van der Waals surface area contributed by atoms with E-state index in [0.29, 0.717) is 0 Å². The summed E-state index contributed by atoms with van der Waals surface area (Å²) in [5.74, 6) is 0.933. The number of benzene rings is 2. The van der Waals surface area contributed by atoms with Gasteiger partial charge in [-0.3, -0.25) is 0 Å². The van der Waals surface area contributed by atoms with Crippen LogP contribution in [-0.2, 0) is 6.42 Å². The molecule has 0 radical (unpaired) electrons. The number of aryl methyl sites for hydroxylation is 1. The third-order valence-corrected chi connectivity index (χ3v) is 6.00. The predicted molar refractivity (Wildman–Crippen MR) is 138 cm³/mol. The van der Waals surface area contributed by atoms with E-state index in [0.717, 1.165) is 37.5 Å². The van der Waals surface area contributed by atoms with Gasteiger partial charge in [-0.25, -0.2) is 0 Å². The number of thioether (sulfide) groups is 1. The molecule has 0 saturated carbocycles. The Morgan fingerprint density at radius 2 is 1.32 bits per heavy atom. The highest BCUT2D eigenvalue weighted by Gasteiger charge is 2.16. The first-order chi connectivity index (χ1) is 13.8. The largest absolute Gasteiger partial charge is 0.455 e. The molecule has 31 heavy (non-hydrogen) atoms. The zero-order chi connectivity index (χ0) is 19.4. The Morgan fingerprint density at radius 3 is 1.90 bits per heavy atom. The monoisotopic (exact) mass is 488 g/mol. The van der Waals surface area contributed by atoms with E-state index in [-0.39, 0.29) is 35.5 Å². The van der Waals surface area contributed by atoms with Crippen molar-refractivity contribution in [1.82, 2.24) is 9.80 Å². The highest BCUT2D eigenvalue weighted by Crippen LogP contribution is 2.08. The molecule has 1 saturated heterocycles. The lowest BCUT2D eigenvalue weighted by molar-refractivity contribution is -0.360. The standard InChI is InChI=1S/C23H31N3OS.2ClH.H2O/c27-23(24-22-12-5-2-6-13-22)28-20-8-15-26-18-16-25(17-19-26)14-7-11-21-9-3-1-4-10-21;;;/h1-6,9-10,12-13H,7-8,11,14-20H2,(H,24,27);2*1H;1H2/p+1. The Bertz CT molecular complexity index is 715. The zero-order valence-electron chi connectivity index (χ0n) is 17.9. The van der Waals surface area contributed by atoms with E-state index >= 15 is 0 Å². The van der Waals surface area contributed by atoms with Crippen LogP contribution < -0.4 is 4.99 Å². The van der Waals surface area contributed by atoms with E-state index in [9.17, 15) is 5.11 Å². The van der Waals surface area contributed by atoms with Crippen molar-refractivity contribution >= 4 is 47.5 Å². The quantitative estimate of drug-likeness (QED) is 0.323. The van der Waals surface area contributed by atoms with Crippen molar-refractivity contribution in [3.05, 3.63) is 66.2 Å². The fraction of sp³-hybridized carbons (Fsp3) is 0.435. The molecule has 1 aliphatic rings. The van der Waals surface area contributed by atoms with Crippen LogP contribution in [0.4, 0.5) is 5.69 Å². The van der Waals surface area contributed by atoms with Crippen LogP contribution in [0.15, 0.2) is 60.7 Å². The highest BCUT2D eigenvalue weighted by molar-refractivity contribution is 8.13. The lowest BCUT2D eigenvalue weighted by Crippen LogP contribution is -2.65. The number of nitrogens with one attached hydrogen (secondary N) is 1. The number of nitrogens with zero attached hydrogens (tertiary/aromatic N) is 2. The maximum Gasteiger partial charge on any atom is 0.402 e. The normalized spacial score (nSPS) is 14.8. The van der Waals surface area contributed by atoms with Crippen molar-refractivity contribution in [2.75, 3.05) is 45.0 Å². The molecule has 1 aliphatic heterocycles. The molecule has 0 spiro atoms.